The normalized spacial score (nSPS) is 19.5. The third-order valence-electron chi connectivity index (χ3n) is 5.54. The first-order valence-corrected chi connectivity index (χ1v) is 9.93. The lowest BCUT2D eigenvalue weighted by molar-refractivity contribution is -0.116. The number of nitrogens with zero attached hydrogens (tertiary/aromatic N) is 3. The van der Waals surface area contributed by atoms with Gasteiger partial charge in [-0.1, -0.05) is 6.42 Å². The number of hydrogen-bond donors (Lipinski definition) is 2. The van der Waals surface area contributed by atoms with Gasteiger partial charge >= 0.3 is 0 Å². The summed E-state index contributed by atoms with van der Waals surface area (Å²) >= 11 is 0. The Morgan fingerprint density at radius 2 is 2.22 bits per heavy atom. The highest BCUT2D eigenvalue weighted by Crippen LogP contribution is 2.27. The molecule has 1 aromatic heterocycles. The largest absolute Gasteiger partial charge is 0.326 e. The molecule has 4 rings (SSSR count). The molecule has 1 saturated heterocycles. The molecule has 2 aliphatic heterocycles. The molecule has 1 atom stereocenters. The molecule has 2 aromatic rings. The van der Waals surface area contributed by atoms with E-state index in [-0.39, 0.29) is 11.7 Å². The second kappa shape index (κ2) is 8.17. The summed E-state index contributed by atoms with van der Waals surface area (Å²) in [4.78, 5) is 12.3. The van der Waals surface area contributed by atoms with Crippen LogP contribution < -0.4 is 10.6 Å². The van der Waals surface area contributed by atoms with Crippen molar-refractivity contribution < 1.29 is 9.18 Å². The number of fused-ring (bicyclic) bond motifs is 1. The monoisotopic (exact) mass is 371 g/mol. The van der Waals surface area contributed by atoms with Crippen LogP contribution in [-0.4, -0.2) is 33.8 Å². The zero-order valence-electron chi connectivity index (χ0n) is 15.5. The maximum Gasteiger partial charge on any atom is 0.224 e. The predicted molar refractivity (Wildman–Crippen MR) is 102 cm³/mol. The van der Waals surface area contributed by atoms with Crippen molar-refractivity contribution in [2.45, 2.75) is 51.5 Å². The summed E-state index contributed by atoms with van der Waals surface area (Å²) in [5.74, 6) is 1.68. The molecule has 1 amide bonds. The molecule has 0 bridgehead atoms. The summed E-state index contributed by atoms with van der Waals surface area (Å²) in [6.45, 7) is 2.84. The highest BCUT2D eigenvalue weighted by Gasteiger charge is 2.20. The fourth-order valence-electron chi connectivity index (χ4n) is 3.98. The highest BCUT2D eigenvalue weighted by molar-refractivity contribution is 5.91. The van der Waals surface area contributed by atoms with Crippen molar-refractivity contribution in [3.05, 3.63) is 29.8 Å². The standard InChI is InChI=1S/C20H26FN5O/c21-17-7-6-15(23-19(27)8-5-14-9-10-22-13-14)12-16(17)20-25-24-18-4-2-1-3-11-26(18)20/h6-7,12,14,22H,1-5,8-11,13H2,(H,23,27). The van der Waals surface area contributed by atoms with Gasteiger partial charge in [-0.2, -0.15) is 0 Å². The minimum atomic E-state index is -0.343. The average molecular weight is 371 g/mol. The average Bonchev–Trinajstić information content (AvgIpc) is 3.27. The number of benzene rings is 1. The molecular formula is C20H26FN5O. The Bertz CT molecular complexity index is 813. The van der Waals surface area contributed by atoms with Crippen molar-refractivity contribution in [3.8, 4) is 11.4 Å². The maximum atomic E-state index is 14.5. The van der Waals surface area contributed by atoms with E-state index in [1.165, 1.54) is 6.07 Å². The van der Waals surface area contributed by atoms with E-state index < -0.39 is 0 Å². The number of rotatable bonds is 5. The molecule has 0 aliphatic carbocycles. The van der Waals surface area contributed by atoms with Crippen molar-refractivity contribution in [2.24, 2.45) is 5.92 Å². The van der Waals surface area contributed by atoms with Crippen molar-refractivity contribution >= 4 is 11.6 Å². The molecule has 0 saturated carbocycles. The topological polar surface area (TPSA) is 71.8 Å². The van der Waals surface area contributed by atoms with Crippen LogP contribution in [0.5, 0.6) is 0 Å². The quantitative estimate of drug-likeness (QED) is 0.847. The van der Waals surface area contributed by atoms with Crippen LogP contribution in [0.25, 0.3) is 11.4 Å². The molecule has 7 heteroatoms. The van der Waals surface area contributed by atoms with Crippen LogP contribution in [0.1, 0.15) is 44.3 Å². The Morgan fingerprint density at radius 1 is 1.30 bits per heavy atom. The maximum absolute atomic E-state index is 14.5. The van der Waals surface area contributed by atoms with E-state index in [0.717, 1.165) is 64.0 Å². The number of carbonyl (C=O) groups is 1. The Balaban J connectivity index is 1.48. The molecule has 27 heavy (non-hydrogen) atoms. The fourth-order valence-corrected chi connectivity index (χ4v) is 3.98. The van der Waals surface area contributed by atoms with Gasteiger partial charge in [0.05, 0.1) is 5.56 Å². The Labute approximate surface area is 158 Å². The predicted octanol–water partition coefficient (Wildman–Crippen LogP) is 3.14. The van der Waals surface area contributed by atoms with Crippen LogP contribution in [0.2, 0.25) is 0 Å². The fraction of sp³-hybridized carbons (Fsp3) is 0.550. The second-order valence-corrected chi connectivity index (χ2v) is 7.54. The number of halogens is 1. The minimum absolute atomic E-state index is 0.0282. The summed E-state index contributed by atoms with van der Waals surface area (Å²) < 4.78 is 16.5. The van der Waals surface area contributed by atoms with E-state index in [1.807, 2.05) is 4.57 Å². The first-order chi connectivity index (χ1) is 13.2. The van der Waals surface area contributed by atoms with E-state index in [0.29, 0.717) is 29.4 Å². The van der Waals surface area contributed by atoms with Gasteiger partial charge in [0.2, 0.25) is 5.91 Å². The summed E-state index contributed by atoms with van der Waals surface area (Å²) in [5, 5.41) is 14.7. The van der Waals surface area contributed by atoms with Crippen LogP contribution in [-0.2, 0) is 17.8 Å². The van der Waals surface area contributed by atoms with E-state index in [4.69, 9.17) is 0 Å². The van der Waals surface area contributed by atoms with Gasteiger partial charge in [0.1, 0.15) is 11.6 Å². The number of anilines is 1. The zero-order chi connectivity index (χ0) is 18.6. The molecule has 1 aromatic carbocycles. The third kappa shape index (κ3) is 4.18. The van der Waals surface area contributed by atoms with Crippen LogP contribution in [0, 0.1) is 11.7 Å². The number of carbonyl (C=O) groups excluding carboxylic acids is 1. The van der Waals surface area contributed by atoms with Gasteiger partial charge < -0.3 is 15.2 Å². The van der Waals surface area contributed by atoms with Crippen LogP contribution in [0.15, 0.2) is 18.2 Å². The summed E-state index contributed by atoms with van der Waals surface area (Å²) in [5.41, 5.74) is 1.00. The van der Waals surface area contributed by atoms with Crippen LogP contribution in [0.4, 0.5) is 10.1 Å². The molecule has 3 heterocycles. The number of aryl methyl sites for hydroxylation is 1. The lowest BCUT2D eigenvalue weighted by atomic mass is 10.0. The van der Waals surface area contributed by atoms with Crippen molar-refractivity contribution in [1.82, 2.24) is 20.1 Å². The van der Waals surface area contributed by atoms with Gasteiger partial charge in [0.15, 0.2) is 5.82 Å². The van der Waals surface area contributed by atoms with E-state index in [2.05, 4.69) is 20.8 Å². The molecule has 0 spiro atoms. The van der Waals surface area contributed by atoms with Gasteiger partial charge in [-0.05, 0) is 62.9 Å². The third-order valence-corrected chi connectivity index (χ3v) is 5.54. The van der Waals surface area contributed by atoms with Gasteiger partial charge in [0, 0.05) is 25.1 Å². The highest BCUT2D eigenvalue weighted by atomic mass is 19.1. The van der Waals surface area contributed by atoms with E-state index >= 15 is 0 Å². The Morgan fingerprint density at radius 3 is 3.07 bits per heavy atom. The van der Waals surface area contributed by atoms with E-state index in [9.17, 15) is 9.18 Å². The number of aromatic nitrogens is 3. The SMILES string of the molecule is O=C(CCC1CCNC1)Nc1ccc(F)c(-c2nnc3n2CCCCC3)c1. The van der Waals surface area contributed by atoms with Crippen LogP contribution >= 0.6 is 0 Å². The molecule has 6 nitrogen and oxygen atoms in total. The number of nitrogens with one attached hydrogen (secondary N) is 2. The van der Waals surface area contributed by atoms with Gasteiger partial charge in [0.25, 0.3) is 0 Å². The molecule has 2 N–H and O–H groups in total. The van der Waals surface area contributed by atoms with Crippen molar-refractivity contribution in [3.63, 3.8) is 0 Å². The smallest absolute Gasteiger partial charge is 0.224 e. The van der Waals surface area contributed by atoms with Crippen molar-refractivity contribution in [1.29, 1.82) is 0 Å². The first-order valence-electron chi connectivity index (χ1n) is 9.93. The number of amides is 1. The van der Waals surface area contributed by atoms with Crippen LogP contribution in [0.3, 0.4) is 0 Å². The lowest BCUT2D eigenvalue weighted by Gasteiger charge is -2.11. The first kappa shape index (κ1) is 18.1. The molecule has 1 fully saturated rings. The van der Waals surface area contributed by atoms with Gasteiger partial charge in [-0.3, -0.25) is 4.79 Å². The molecule has 2 aliphatic rings. The molecule has 144 valence electrons. The Hall–Kier alpha value is -2.28. The number of hydrogen-bond acceptors (Lipinski definition) is 4. The zero-order valence-corrected chi connectivity index (χ0v) is 15.5. The molecule has 0 radical (unpaired) electrons. The minimum Gasteiger partial charge on any atom is -0.326 e. The Kier molecular flexibility index (Phi) is 5.48. The van der Waals surface area contributed by atoms with Crippen molar-refractivity contribution in [2.75, 3.05) is 18.4 Å². The van der Waals surface area contributed by atoms with E-state index in [1.54, 1.807) is 12.1 Å². The molecule has 1 unspecified atom stereocenters. The summed E-state index contributed by atoms with van der Waals surface area (Å²) in [6, 6.07) is 4.67. The molecular weight excluding hydrogens is 345 g/mol. The second-order valence-electron chi connectivity index (χ2n) is 7.54. The summed E-state index contributed by atoms with van der Waals surface area (Å²) in [6.07, 6.45) is 6.66. The lowest BCUT2D eigenvalue weighted by Crippen LogP contribution is -2.15. The van der Waals surface area contributed by atoms with Gasteiger partial charge in [-0.15, -0.1) is 10.2 Å². The van der Waals surface area contributed by atoms with Gasteiger partial charge in [-0.25, -0.2) is 4.39 Å². The summed E-state index contributed by atoms with van der Waals surface area (Å²) in [7, 11) is 0.